The van der Waals surface area contributed by atoms with E-state index in [4.69, 9.17) is 9.47 Å². The van der Waals surface area contributed by atoms with Crippen molar-refractivity contribution in [3.05, 3.63) is 325 Å². The van der Waals surface area contributed by atoms with Crippen molar-refractivity contribution >= 4 is 61.8 Å². The molecule has 0 saturated carbocycles. The Hall–Kier alpha value is -10.4. The number of anilines is 3. The Balaban J connectivity index is 0.904. The maximum atomic E-state index is 6.48. The Bertz CT molecular complexity index is 4550. The van der Waals surface area contributed by atoms with Crippen molar-refractivity contribution < 1.29 is 9.47 Å². The van der Waals surface area contributed by atoms with E-state index < -0.39 is 5.41 Å². The molecule has 12 aromatic carbocycles. The number of aryl methyl sites for hydroxylation is 2. The van der Waals surface area contributed by atoms with Crippen molar-refractivity contribution in [3.8, 4) is 50.9 Å². The zero-order valence-electron chi connectivity index (χ0n) is 45.2. The molecule has 14 rings (SSSR count). The van der Waals surface area contributed by atoms with Crippen LogP contribution in [0.15, 0.2) is 280 Å². The van der Waals surface area contributed by atoms with E-state index in [-0.39, 0.29) is 0 Å². The summed E-state index contributed by atoms with van der Waals surface area (Å²) in [5.74, 6) is 3.11. The first kappa shape index (κ1) is 48.9. The van der Waals surface area contributed by atoms with E-state index >= 15 is 0 Å². The summed E-state index contributed by atoms with van der Waals surface area (Å²) in [6.07, 6.45) is 3.69. The smallest absolute Gasteiger partial charge is 0.128 e. The summed E-state index contributed by atoms with van der Waals surface area (Å²) >= 11 is 0. The van der Waals surface area contributed by atoms with Crippen LogP contribution in [0.1, 0.15) is 44.5 Å². The first-order valence-electron chi connectivity index (χ1n) is 27.6. The minimum Gasteiger partial charge on any atom is -0.457 e. The Labute approximate surface area is 473 Å². The monoisotopic (exact) mass is 1040 g/mol. The summed E-state index contributed by atoms with van der Waals surface area (Å²) in [6.45, 7) is 12.3. The molecule has 0 fully saturated rings. The van der Waals surface area contributed by atoms with Crippen LogP contribution in [0.25, 0.3) is 72.7 Å². The predicted octanol–water partition coefficient (Wildman–Crippen LogP) is 20.9. The highest BCUT2D eigenvalue weighted by molar-refractivity contribution is 6.11. The third-order valence-corrected chi connectivity index (χ3v) is 16.3. The summed E-state index contributed by atoms with van der Waals surface area (Å²) < 4.78 is 15.3. The van der Waals surface area contributed by atoms with Crippen LogP contribution in [0.4, 0.5) is 17.1 Å². The van der Waals surface area contributed by atoms with Crippen molar-refractivity contribution in [1.29, 1.82) is 0 Å². The van der Waals surface area contributed by atoms with Gasteiger partial charge in [0.1, 0.15) is 23.0 Å². The van der Waals surface area contributed by atoms with E-state index in [1.807, 2.05) is 60.7 Å². The average molecular weight is 1040 g/mol. The number of para-hydroxylation sites is 1. The lowest BCUT2D eigenvalue weighted by Crippen LogP contribution is -2.30. The largest absolute Gasteiger partial charge is 0.457 e. The molecule has 0 bridgehead atoms. The van der Waals surface area contributed by atoms with E-state index in [9.17, 15) is 0 Å². The molecule has 1 heterocycles. The highest BCUT2D eigenvalue weighted by Gasteiger charge is 2.47. The lowest BCUT2D eigenvalue weighted by molar-refractivity contribution is 0.482. The zero-order chi connectivity index (χ0) is 54.6. The fraction of sp³-hybridized carbons (Fsp3) is 0.0390. The van der Waals surface area contributed by atoms with E-state index in [1.54, 1.807) is 0 Å². The second-order valence-electron chi connectivity index (χ2n) is 21.1. The van der Waals surface area contributed by atoms with Crippen molar-refractivity contribution in [3.63, 3.8) is 0 Å². The third kappa shape index (κ3) is 8.57. The maximum Gasteiger partial charge on any atom is 0.128 e. The molecular weight excluding hydrogens is 985 g/mol. The molecule has 81 heavy (non-hydrogen) atoms. The van der Waals surface area contributed by atoms with E-state index in [1.165, 1.54) is 55.3 Å². The molecule has 0 aliphatic heterocycles. The van der Waals surface area contributed by atoms with Gasteiger partial charge in [-0.1, -0.05) is 183 Å². The van der Waals surface area contributed by atoms with Gasteiger partial charge in [-0.2, -0.15) is 0 Å². The lowest BCUT2D eigenvalue weighted by atomic mass is 9.66. The Morgan fingerprint density at radius 2 is 0.951 bits per heavy atom. The number of hydrogen-bond acceptors (Lipinski definition) is 3. The van der Waals surface area contributed by atoms with Crippen molar-refractivity contribution in [2.24, 2.45) is 0 Å². The normalized spacial score (nSPS) is 13.5. The number of aromatic nitrogens is 1. The highest BCUT2D eigenvalue weighted by Crippen LogP contribution is 2.58. The van der Waals surface area contributed by atoms with E-state index in [2.05, 4.69) is 255 Å². The molecular formula is C77H56N2O2. The van der Waals surface area contributed by atoms with Gasteiger partial charge in [-0.3, -0.25) is 0 Å². The zero-order valence-corrected chi connectivity index (χ0v) is 45.2. The summed E-state index contributed by atoms with van der Waals surface area (Å²) in [6, 6.07) is 96.1. The van der Waals surface area contributed by atoms with Gasteiger partial charge in [0.15, 0.2) is 0 Å². The van der Waals surface area contributed by atoms with E-state index in [0.717, 1.165) is 89.8 Å². The second kappa shape index (κ2) is 20.1. The molecule has 1 aromatic heterocycles. The SMILES string of the molecule is C=Cc1ccc(Oc2ccc(C3(c4cc(C)ccc4C)c4ccccc4-c4ccc(N(c5ccc(-c6ccc7c(c6)c6cc(Oc8ccc(C=C)cc8)ccc6n7-c6ccccc6)cc5)c5ccc6ccccc6c5)cc43)cc2)cc1. The highest BCUT2D eigenvalue weighted by atomic mass is 16.5. The molecule has 0 spiro atoms. The van der Waals surface area contributed by atoms with Gasteiger partial charge in [0, 0.05) is 33.5 Å². The molecule has 1 aliphatic carbocycles. The molecule has 0 saturated heterocycles. The van der Waals surface area contributed by atoms with Gasteiger partial charge in [-0.05, 0) is 201 Å². The topological polar surface area (TPSA) is 26.6 Å². The predicted molar refractivity (Wildman–Crippen MR) is 338 cm³/mol. The van der Waals surface area contributed by atoms with Crippen LogP contribution in [-0.4, -0.2) is 4.57 Å². The van der Waals surface area contributed by atoms with Crippen LogP contribution < -0.4 is 14.4 Å². The van der Waals surface area contributed by atoms with Crippen LogP contribution in [0.2, 0.25) is 0 Å². The van der Waals surface area contributed by atoms with Gasteiger partial charge in [0.2, 0.25) is 0 Å². The van der Waals surface area contributed by atoms with Crippen LogP contribution in [-0.2, 0) is 5.41 Å². The lowest BCUT2D eigenvalue weighted by Gasteiger charge is -2.36. The van der Waals surface area contributed by atoms with Gasteiger partial charge in [-0.25, -0.2) is 0 Å². The fourth-order valence-electron chi connectivity index (χ4n) is 12.4. The van der Waals surface area contributed by atoms with Gasteiger partial charge >= 0.3 is 0 Å². The number of benzene rings is 12. The molecule has 1 unspecified atom stereocenters. The second-order valence-corrected chi connectivity index (χ2v) is 21.1. The van der Waals surface area contributed by atoms with Crippen LogP contribution in [0, 0.1) is 13.8 Å². The average Bonchev–Trinajstić information content (AvgIpc) is 3.40. The van der Waals surface area contributed by atoms with Crippen LogP contribution >= 0.6 is 0 Å². The number of fused-ring (bicyclic) bond motifs is 7. The first-order valence-corrected chi connectivity index (χ1v) is 27.6. The molecule has 386 valence electrons. The van der Waals surface area contributed by atoms with Crippen molar-refractivity contribution in [2.45, 2.75) is 19.3 Å². The fourth-order valence-corrected chi connectivity index (χ4v) is 12.4. The third-order valence-electron chi connectivity index (χ3n) is 16.3. The standard InChI is InChI=1S/C77H56N2O2/c1-5-53-22-36-64(37-23-53)80-66-40-30-59(31-41-66)77(73-46-51(3)20-21-52(73)4)72-19-13-12-18-68(72)69-43-35-63(49-74(69)77)78(62-34-28-55-14-10-11-15-57(55)47-62)61-32-26-56(27-33-61)58-29-44-75-70(48-58)71-50-67(81-65-38-24-54(6-2)25-39-65)42-45-76(71)79(75)60-16-8-7-9-17-60/h5-50H,1-2H2,3-4H3. The molecule has 4 nitrogen and oxygen atoms in total. The van der Waals surface area contributed by atoms with Gasteiger partial charge in [0.05, 0.1) is 16.4 Å². The summed E-state index contributed by atoms with van der Waals surface area (Å²) in [4.78, 5) is 2.42. The molecule has 0 amide bonds. The quantitative estimate of drug-likeness (QED) is 0.115. The number of hydrogen-bond donors (Lipinski definition) is 0. The van der Waals surface area contributed by atoms with Crippen molar-refractivity contribution in [2.75, 3.05) is 4.90 Å². The molecule has 1 atom stereocenters. The maximum absolute atomic E-state index is 6.48. The summed E-state index contributed by atoms with van der Waals surface area (Å²) in [5, 5.41) is 4.63. The first-order chi connectivity index (χ1) is 39.8. The van der Waals surface area contributed by atoms with Crippen LogP contribution in [0.5, 0.6) is 23.0 Å². The number of nitrogens with zero attached hydrogens (tertiary/aromatic N) is 2. The Kier molecular flexibility index (Phi) is 12.1. The van der Waals surface area contributed by atoms with Gasteiger partial charge in [0.25, 0.3) is 0 Å². The van der Waals surface area contributed by atoms with Crippen molar-refractivity contribution in [1.82, 2.24) is 4.57 Å². The number of rotatable bonds is 13. The molecule has 0 radical (unpaired) electrons. The minimum atomic E-state index is -0.659. The molecule has 1 aliphatic rings. The molecule has 4 heteroatoms. The number of ether oxygens (including phenoxy) is 2. The minimum absolute atomic E-state index is 0.659. The van der Waals surface area contributed by atoms with Crippen LogP contribution in [0.3, 0.4) is 0 Å². The molecule has 13 aromatic rings. The summed E-state index contributed by atoms with van der Waals surface area (Å²) in [7, 11) is 0. The van der Waals surface area contributed by atoms with Gasteiger partial charge in [-0.15, -0.1) is 0 Å². The van der Waals surface area contributed by atoms with Gasteiger partial charge < -0.3 is 18.9 Å². The molecule has 0 N–H and O–H groups in total. The Morgan fingerprint density at radius 3 is 1.67 bits per heavy atom. The van der Waals surface area contributed by atoms with E-state index in [0.29, 0.717) is 0 Å². The summed E-state index contributed by atoms with van der Waals surface area (Å²) in [5.41, 5.74) is 20.0. The Morgan fingerprint density at radius 1 is 0.395 bits per heavy atom.